The zero-order chi connectivity index (χ0) is 14.2. The summed E-state index contributed by atoms with van der Waals surface area (Å²) in [6.45, 7) is 2.09. The second kappa shape index (κ2) is 5.01. The number of fused-ring (bicyclic) bond motifs is 1. The highest BCUT2D eigenvalue weighted by Gasteiger charge is 2.36. The van der Waals surface area contributed by atoms with Crippen molar-refractivity contribution in [3.63, 3.8) is 0 Å². The Bertz CT molecular complexity index is 677. The van der Waals surface area contributed by atoms with Gasteiger partial charge in [0.1, 0.15) is 0 Å². The Morgan fingerprint density at radius 3 is 2.62 bits per heavy atom. The Kier molecular flexibility index (Phi) is 3.00. The number of rotatable bonds is 2. The molecule has 0 saturated carbocycles. The number of benzene rings is 2. The van der Waals surface area contributed by atoms with Crippen molar-refractivity contribution in [2.45, 2.75) is 19.1 Å². The fourth-order valence-electron chi connectivity index (χ4n) is 2.95. The summed E-state index contributed by atoms with van der Waals surface area (Å²) in [6, 6.07) is 17.0. The van der Waals surface area contributed by atoms with Crippen molar-refractivity contribution < 1.29 is 9.53 Å². The summed E-state index contributed by atoms with van der Waals surface area (Å²) in [4.78, 5) is 14.1. The van der Waals surface area contributed by atoms with Gasteiger partial charge in [-0.2, -0.15) is 0 Å². The van der Waals surface area contributed by atoms with E-state index in [1.54, 1.807) is 0 Å². The van der Waals surface area contributed by atoms with E-state index in [0.29, 0.717) is 13.2 Å². The van der Waals surface area contributed by atoms with Gasteiger partial charge in [0.05, 0.1) is 6.61 Å². The van der Waals surface area contributed by atoms with E-state index < -0.39 is 0 Å². The highest BCUT2D eigenvalue weighted by atomic mass is 16.6. The van der Waals surface area contributed by atoms with Gasteiger partial charge in [0.25, 0.3) is 5.91 Å². The zero-order valence-corrected chi connectivity index (χ0v) is 11.8. The molecule has 2 heterocycles. The molecule has 2 aromatic carbocycles. The Balaban J connectivity index is 1.62. The van der Waals surface area contributed by atoms with Gasteiger partial charge in [0.2, 0.25) is 0 Å². The van der Waals surface area contributed by atoms with Crippen LogP contribution < -0.4 is 0 Å². The summed E-state index contributed by atoms with van der Waals surface area (Å²) < 4.78 is 5.11. The fraction of sp³-hybridized carbons (Fsp3) is 0.278. The standard InChI is InChI=1S/C18H17NO2/c20-18(17-12-21-17)19-9-8-14-6-7-15(10-16(14)11-19)13-4-2-1-3-5-13/h1-7,10,17H,8-9,11-12H2. The van der Waals surface area contributed by atoms with Gasteiger partial charge < -0.3 is 9.64 Å². The minimum absolute atomic E-state index is 0.144. The van der Waals surface area contributed by atoms with Gasteiger partial charge in [0.15, 0.2) is 6.10 Å². The van der Waals surface area contributed by atoms with Crippen LogP contribution in [0.3, 0.4) is 0 Å². The third-order valence-electron chi connectivity index (χ3n) is 4.25. The largest absolute Gasteiger partial charge is 0.363 e. The lowest BCUT2D eigenvalue weighted by atomic mass is 9.94. The van der Waals surface area contributed by atoms with Crippen LogP contribution >= 0.6 is 0 Å². The first-order valence-corrected chi connectivity index (χ1v) is 7.39. The lowest BCUT2D eigenvalue weighted by molar-refractivity contribution is -0.133. The molecule has 0 aromatic heterocycles. The van der Waals surface area contributed by atoms with Gasteiger partial charge in [-0.05, 0) is 34.7 Å². The molecule has 3 heteroatoms. The summed E-state index contributed by atoms with van der Waals surface area (Å²) >= 11 is 0. The van der Waals surface area contributed by atoms with Gasteiger partial charge in [-0.1, -0.05) is 42.5 Å². The predicted octanol–water partition coefficient (Wildman–Crippen LogP) is 2.64. The number of amides is 1. The lowest BCUT2D eigenvalue weighted by Crippen LogP contribution is -2.38. The average Bonchev–Trinajstić information content (AvgIpc) is 3.39. The smallest absolute Gasteiger partial charge is 0.254 e. The van der Waals surface area contributed by atoms with E-state index in [-0.39, 0.29) is 12.0 Å². The molecule has 1 amide bonds. The predicted molar refractivity (Wildman–Crippen MR) is 80.7 cm³/mol. The minimum atomic E-state index is -0.177. The van der Waals surface area contributed by atoms with Crippen LogP contribution in [0, 0.1) is 0 Å². The zero-order valence-electron chi connectivity index (χ0n) is 11.8. The van der Waals surface area contributed by atoms with E-state index in [9.17, 15) is 4.79 Å². The molecular formula is C18H17NO2. The number of carbonyl (C=O) groups is 1. The summed E-state index contributed by atoms with van der Waals surface area (Å²) in [7, 11) is 0. The van der Waals surface area contributed by atoms with Crippen molar-refractivity contribution in [3.8, 4) is 11.1 Å². The third-order valence-corrected chi connectivity index (χ3v) is 4.25. The second-order valence-corrected chi connectivity index (χ2v) is 5.68. The molecule has 0 aliphatic carbocycles. The van der Waals surface area contributed by atoms with Crippen LogP contribution in [0.2, 0.25) is 0 Å². The quantitative estimate of drug-likeness (QED) is 0.792. The number of carbonyl (C=O) groups excluding carboxylic acids is 1. The summed E-state index contributed by atoms with van der Waals surface area (Å²) in [5.74, 6) is 0.144. The van der Waals surface area contributed by atoms with Crippen molar-refractivity contribution >= 4 is 5.91 Å². The van der Waals surface area contributed by atoms with Crippen LogP contribution in [-0.4, -0.2) is 30.1 Å². The van der Waals surface area contributed by atoms with E-state index in [1.807, 2.05) is 11.0 Å². The highest BCUT2D eigenvalue weighted by molar-refractivity contribution is 5.83. The van der Waals surface area contributed by atoms with E-state index in [0.717, 1.165) is 13.0 Å². The van der Waals surface area contributed by atoms with Crippen LogP contribution in [0.25, 0.3) is 11.1 Å². The maximum Gasteiger partial charge on any atom is 0.254 e. The molecule has 0 bridgehead atoms. The maximum atomic E-state index is 12.1. The number of ether oxygens (including phenoxy) is 1. The van der Waals surface area contributed by atoms with Crippen molar-refractivity contribution in [1.29, 1.82) is 0 Å². The van der Waals surface area contributed by atoms with Crippen molar-refractivity contribution in [2.75, 3.05) is 13.2 Å². The van der Waals surface area contributed by atoms with E-state index in [1.165, 1.54) is 22.3 Å². The topological polar surface area (TPSA) is 32.8 Å². The number of epoxide rings is 1. The lowest BCUT2D eigenvalue weighted by Gasteiger charge is -2.29. The molecule has 1 fully saturated rings. The molecule has 106 valence electrons. The molecule has 0 radical (unpaired) electrons. The fourth-order valence-corrected chi connectivity index (χ4v) is 2.95. The van der Waals surface area contributed by atoms with E-state index in [4.69, 9.17) is 4.74 Å². The van der Waals surface area contributed by atoms with Gasteiger partial charge >= 0.3 is 0 Å². The van der Waals surface area contributed by atoms with Gasteiger partial charge in [-0.3, -0.25) is 4.79 Å². The highest BCUT2D eigenvalue weighted by Crippen LogP contribution is 2.27. The van der Waals surface area contributed by atoms with Crippen molar-refractivity contribution in [3.05, 3.63) is 59.7 Å². The SMILES string of the molecule is O=C(C1CO1)N1CCc2ccc(-c3ccccc3)cc2C1. The Labute approximate surface area is 124 Å². The number of hydrogen-bond donors (Lipinski definition) is 0. The molecule has 0 N–H and O–H groups in total. The first-order valence-electron chi connectivity index (χ1n) is 7.39. The number of hydrogen-bond acceptors (Lipinski definition) is 2. The molecule has 4 rings (SSSR count). The first-order chi connectivity index (χ1) is 10.3. The molecule has 1 unspecified atom stereocenters. The summed E-state index contributed by atoms with van der Waals surface area (Å²) in [5, 5.41) is 0. The van der Waals surface area contributed by atoms with Crippen molar-refractivity contribution in [1.82, 2.24) is 4.90 Å². The molecule has 21 heavy (non-hydrogen) atoms. The summed E-state index contributed by atoms with van der Waals surface area (Å²) in [6.07, 6.45) is 0.756. The van der Waals surface area contributed by atoms with Gasteiger partial charge in [-0.25, -0.2) is 0 Å². The van der Waals surface area contributed by atoms with Crippen LogP contribution in [0.4, 0.5) is 0 Å². The van der Waals surface area contributed by atoms with Crippen LogP contribution in [0.1, 0.15) is 11.1 Å². The van der Waals surface area contributed by atoms with E-state index in [2.05, 4.69) is 42.5 Å². The van der Waals surface area contributed by atoms with Crippen LogP contribution in [0.15, 0.2) is 48.5 Å². The van der Waals surface area contributed by atoms with Gasteiger partial charge in [-0.15, -0.1) is 0 Å². The molecule has 2 aliphatic heterocycles. The number of nitrogens with zero attached hydrogens (tertiary/aromatic N) is 1. The third kappa shape index (κ3) is 2.45. The van der Waals surface area contributed by atoms with E-state index >= 15 is 0 Å². The molecule has 2 aliphatic rings. The second-order valence-electron chi connectivity index (χ2n) is 5.68. The normalized spacial score (nSPS) is 20.0. The molecule has 2 aromatic rings. The molecular weight excluding hydrogens is 262 g/mol. The van der Waals surface area contributed by atoms with Crippen LogP contribution in [0.5, 0.6) is 0 Å². The Hall–Kier alpha value is -2.13. The molecule has 0 spiro atoms. The Morgan fingerprint density at radius 1 is 1.05 bits per heavy atom. The first kappa shape index (κ1) is 12.6. The monoisotopic (exact) mass is 279 g/mol. The van der Waals surface area contributed by atoms with Crippen LogP contribution in [-0.2, 0) is 22.5 Å². The molecule has 3 nitrogen and oxygen atoms in total. The minimum Gasteiger partial charge on any atom is -0.363 e. The summed E-state index contributed by atoms with van der Waals surface area (Å²) in [5.41, 5.74) is 5.05. The van der Waals surface area contributed by atoms with Gasteiger partial charge in [0, 0.05) is 13.1 Å². The average molecular weight is 279 g/mol. The molecule has 1 atom stereocenters. The maximum absolute atomic E-state index is 12.1. The molecule has 1 saturated heterocycles. The van der Waals surface area contributed by atoms with Crippen molar-refractivity contribution in [2.24, 2.45) is 0 Å². The Morgan fingerprint density at radius 2 is 1.86 bits per heavy atom.